The first-order valence-electron chi connectivity index (χ1n) is 8.62. The van der Waals surface area contributed by atoms with Crippen molar-refractivity contribution >= 4 is 11.7 Å². The molecule has 2 aliphatic rings. The molecular formula is C19H21F2N3O3. The van der Waals surface area contributed by atoms with E-state index in [1.54, 1.807) is 12.1 Å². The highest BCUT2D eigenvalue weighted by atomic mass is 19.3. The lowest BCUT2D eigenvalue weighted by molar-refractivity contribution is -0.131. The largest absolute Gasteiger partial charge is 0.394 e. The van der Waals surface area contributed by atoms with Gasteiger partial charge in [0.1, 0.15) is 11.7 Å². The number of aliphatic imine (C=N–C) groups is 1. The van der Waals surface area contributed by atoms with Gasteiger partial charge >= 0.3 is 0 Å². The van der Waals surface area contributed by atoms with Gasteiger partial charge in [0, 0.05) is 18.2 Å². The monoisotopic (exact) mass is 377 g/mol. The smallest absolute Gasteiger partial charge is 0.294 e. The van der Waals surface area contributed by atoms with Crippen LogP contribution in [-0.4, -0.2) is 46.6 Å². The number of carbonyl (C=O) groups excluding carboxylic acids is 1. The highest BCUT2D eigenvalue weighted by molar-refractivity contribution is 6.10. The zero-order chi connectivity index (χ0) is 19.6. The normalized spacial score (nSPS) is 24.1. The molecule has 144 valence electrons. The number of alkyl halides is 2. The number of aryl methyl sites for hydroxylation is 1. The Bertz CT molecular complexity index is 790. The average Bonchev–Trinajstić information content (AvgIpc) is 2.96. The fourth-order valence-corrected chi connectivity index (χ4v) is 2.95. The molecule has 0 radical (unpaired) electrons. The van der Waals surface area contributed by atoms with Gasteiger partial charge in [-0.1, -0.05) is 25.6 Å². The second-order valence-corrected chi connectivity index (χ2v) is 6.40. The number of aliphatic hydroxyl groups is 1. The molecule has 1 aromatic carbocycles. The molecular weight excluding hydrogens is 356 g/mol. The van der Waals surface area contributed by atoms with Gasteiger partial charge in [-0.25, -0.2) is 13.8 Å². The highest BCUT2D eigenvalue weighted by Gasteiger charge is 2.53. The van der Waals surface area contributed by atoms with Crippen LogP contribution in [0, 0.1) is 0 Å². The summed E-state index contributed by atoms with van der Waals surface area (Å²) in [5.74, 6) is -3.30. The third-order valence-electron chi connectivity index (χ3n) is 4.45. The van der Waals surface area contributed by atoms with Gasteiger partial charge in [-0.3, -0.25) is 4.79 Å². The van der Waals surface area contributed by atoms with E-state index in [0.29, 0.717) is 5.56 Å². The predicted molar refractivity (Wildman–Crippen MR) is 96.2 cm³/mol. The second kappa shape index (κ2) is 7.58. The molecule has 6 nitrogen and oxygen atoms in total. The number of nitrogens with one attached hydrogen (secondary N) is 1. The molecule has 2 aliphatic heterocycles. The van der Waals surface area contributed by atoms with E-state index < -0.39 is 31.3 Å². The van der Waals surface area contributed by atoms with Crippen molar-refractivity contribution in [3.63, 3.8) is 0 Å². The van der Waals surface area contributed by atoms with Crippen LogP contribution in [-0.2, 0) is 11.2 Å². The van der Waals surface area contributed by atoms with Gasteiger partial charge in [0.25, 0.3) is 11.8 Å². The fraction of sp³-hybridized carbons (Fsp3) is 0.368. The van der Waals surface area contributed by atoms with Crippen molar-refractivity contribution in [2.75, 3.05) is 6.61 Å². The van der Waals surface area contributed by atoms with Crippen molar-refractivity contribution in [2.45, 2.75) is 38.0 Å². The number of nitrogens with zero attached hydrogens (tertiary/aromatic N) is 2. The maximum absolute atomic E-state index is 14.1. The number of ether oxygens (including phenoxy) is 1. The predicted octanol–water partition coefficient (Wildman–Crippen LogP) is 2.42. The summed E-state index contributed by atoms with van der Waals surface area (Å²) in [7, 11) is 0. The van der Waals surface area contributed by atoms with Crippen molar-refractivity contribution in [1.29, 1.82) is 0 Å². The van der Waals surface area contributed by atoms with Crippen LogP contribution in [0.25, 0.3) is 0 Å². The molecule has 2 atom stereocenters. The van der Waals surface area contributed by atoms with Crippen LogP contribution in [0.15, 0.2) is 53.9 Å². The summed E-state index contributed by atoms with van der Waals surface area (Å²) in [6.07, 6.45) is 0.496. The SMILES string of the molecule is C=C1N=C(NC(=O)c2ccc(CC)cc2)C=CN1C1OC(CO)CC1(F)F. The minimum Gasteiger partial charge on any atom is -0.394 e. The molecule has 2 N–H and O–H groups in total. The Kier molecular flexibility index (Phi) is 5.38. The van der Waals surface area contributed by atoms with Crippen molar-refractivity contribution in [2.24, 2.45) is 4.99 Å². The number of hydrogen-bond acceptors (Lipinski definition) is 5. The minimum atomic E-state index is -3.15. The number of amides is 1. The van der Waals surface area contributed by atoms with Crippen molar-refractivity contribution in [3.05, 3.63) is 60.1 Å². The summed E-state index contributed by atoms with van der Waals surface area (Å²) in [5, 5.41) is 11.7. The van der Waals surface area contributed by atoms with Crippen LogP contribution in [0.4, 0.5) is 8.78 Å². The molecule has 0 aromatic heterocycles. The molecule has 2 unspecified atom stereocenters. The molecule has 3 rings (SSSR count). The summed E-state index contributed by atoms with van der Waals surface area (Å²) in [6.45, 7) is 5.20. The van der Waals surface area contributed by atoms with E-state index in [9.17, 15) is 13.6 Å². The summed E-state index contributed by atoms with van der Waals surface area (Å²) < 4.78 is 33.4. The van der Waals surface area contributed by atoms with E-state index in [4.69, 9.17) is 9.84 Å². The zero-order valence-electron chi connectivity index (χ0n) is 14.9. The lowest BCUT2D eigenvalue weighted by Crippen LogP contribution is -2.43. The Balaban J connectivity index is 1.67. The van der Waals surface area contributed by atoms with Crippen molar-refractivity contribution < 1.29 is 23.4 Å². The number of hydrogen-bond donors (Lipinski definition) is 2. The number of aliphatic hydroxyl groups excluding tert-OH is 1. The number of amidine groups is 1. The van der Waals surface area contributed by atoms with Gasteiger partial charge in [-0.2, -0.15) is 0 Å². The summed E-state index contributed by atoms with van der Waals surface area (Å²) in [4.78, 5) is 17.5. The first kappa shape index (κ1) is 19.2. The fourth-order valence-electron chi connectivity index (χ4n) is 2.95. The topological polar surface area (TPSA) is 74.2 Å². The molecule has 8 heteroatoms. The number of benzene rings is 1. The maximum Gasteiger partial charge on any atom is 0.294 e. The van der Waals surface area contributed by atoms with E-state index in [0.717, 1.165) is 16.9 Å². The zero-order valence-corrected chi connectivity index (χ0v) is 14.9. The molecule has 1 aromatic rings. The minimum absolute atomic E-state index is 0.0115. The molecule has 1 saturated heterocycles. The average molecular weight is 377 g/mol. The van der Waals surface area contributed by atoms with E-state index >= 15 is 0 Å². The first-order chi connectivity index (χ1) is 12.8. The van der Waals surface area contributed by atoms with Gasteiger partial charge in [0.2, 0.25) is 0 Å². The summed E-state index contributed by atoms with van der Waals surface area (Å²) in [5.41, 5.74) is 1.58. The lowest BCUT2D eigenvalue weighted by Gasteiger charge is -2.32. The first-order valence-corrected chi connectivity index (χ1v) is 8.62. The Morgan fingerprint density at radius 2 is 2.15 bits per heavy atom. The molecule has 0 bridgehead atoms. The summed E-state index contributed by atoms with van der Waals surface area (Å²) >= 11 is 0. The highest BCUT2D eigenvalue weighted by Crippen LogP contribution is 2.39. The number of rotatable bonds is 4. The maximum atomic E-state index is 14.1. The molecule has 0 aliphatic carbocycles. The molecule has 1 amide bonds. The Morgan fingerprint density at radius 1 is 1.44 bits per heavy atom. The van der Waals surface area contributed by atoms with Crippen molar-refractivity contribution in [1.82, 2.24) is 10.2 Å². The number of halogens is 2. The number of carbonyl (C=O) groups is 1. The van der Waals surface area contributed by atoms with Gasteiger partial charge in [-0.05, 0) is 30.2 Å². The van der Waals surface area contributed by atoms with E-state index in [-0.39, 0.29) is 17.6 Å². The van der Waals surface area contributed by atoms with Crippen LogP contribution in [0.5, 0.6) is 0 Å². The van der Waals surface area contributed by atoms with Crippen LogP contribution in [0.3, 0.4) is 0 Å². The van der Waals surface area contributed by atoms with Crippen LogP contribution in [0.2, 0.25) is 0 Å². The second-order valence-electron chi connectivity index (χ2n) is 6.40. The van der Waals surface area contributed by atoms with E-state index in [2.05, 4.69) is 16.9 Å². The lowest BCUT2D eigenvalue weighted by atomic mass is 10.1. The molecule has 2 heterocycles. The standard InChI is InChI=1S/C19H21F2N3O3/c1-3-13-4-6-14(7-5-13)17(26)23-16-8-9-24(12(2)22-16)18-19(20,21)10-15(11-25)27-18/h4-9,15,18,25H,2-3,10-11H2,1H3,(H,22,23,26). The van der Waals surface area contributed by atoms with Crippen molar-refractivity contribution in [3.8, 4) is 0 Å². The molecule has 0 spiro atoms. The quantitative estimate of drug-likeness (QED) is 0.845. The molecule has 0 saturated carbocycles. The van der Waals surface area contributed by atoms with Gasteiger partial charge in [0.05, 0.1) is 12.7 Å². The van der Waals surface area contributed by atoms with E-state index in [1.807, 2.05) is 19.1 Å². The van der Waals surface area contributed by atoms with Crippen LogP contribution in [0.1, 0.15) is 29.3 Å². The third-order valence-corrected chi connectivity index (χ3v) is 4.45. The molecule has 1 fully saturated rings. The van der Waals surface area contributed by atoms with Crippen LogP contribution >= 0.6 is 0 Å². The Hall–Kier alpha value is -2.58. The Labute approximate surface area is 155 Å². The Morgan fingerprint density at radius 3 is 2.70 bits per heavy atom. The van der Waals surface area contributed by atoms with Gasteiger partial charge in [-0.15, -0.1) is 0 Å². The van der Waals surface area contributed by atoms with Gasteiger partial charge in [0.15, 0.2) is 6.23 Å². The summed E-state index contributed by atoms with van der Waals surface area (Å²) in [6, 6.07) is 7.16. The third kappa shape index (κ3) is 4.06. The molecule has 27 heavy (non-hydrogen) atoms. The van der Waals surface area contributed by atoms with Gasteiger partial charge < -0.3 is 20.1 Å². The van der Waals surface area contributed by atoms with Crippen LogP contribution < -0.4 is 5.32 Å². The van der Waals surface area contributed by atoms with E-state index in [1.165, 1.54) is 12.3 Å².